The SMILES string of the molecule is COC1CC(CC(=O)O)N(C(=O)CCC2Cc3ccccc3NC2=O)C1. The van der Waals surface area contributed by atoms with Crippen LogP contribution in [0.5, 0.6) is 0 Å². The molecule has 1 saturated heterocycles. The van der Waals surface area contributed by atoms with Crippen molar-refractivity contribution in [3.8, 4) is 0 Å². The maximum atomic E-state index is 12.6. The van der Waals surface area contributed by atoms with Crippen LogP contribution in [0.2, 0.25) is 0 Å². The molecule has 3 rings (SSSR count). The van der Waals surface area contributed by atoms with Crippen molar-refractivity contribution in [3.05, 3.63) is 29.8 Å². The molecule has 2 N–H and O–H groups in total. The van der Waals surface area contributed by atoms with Gasteiger partial charge in [0.05, 0.1) is 12.5 Å². The van der Waals surface area contributed by atoms with Crippen LogP contribution in [0.25, 0.3) is 0 Å². The molecule has 7 heteroatoms. The standard InChI is InChI=1S/C19H24N2O5/c1-26-15-9-14(10-18(23)24)21(11-15)17(22)7-6-13-8-12-4-2-3-5-16(12)20-19(13)25/h2-5,13-15H,6-11H2,1H3,(H,20,25)(H,23,24). The first kappa shape index (κ1) is 18.4. The van der Waals surface area contributed by atoms with E-state index < -0.39 is 5.97 Å². The summed E-state index contributed by atoms with van der Waals surface area (Å²) in [6.07, 6.45) is 1.62. The lowest BCUT2D eigenvalue weighted by Gasteiger charge is -2.26. The smallest absolute Gasteiger partial charge is 0.305 e. The monoisotopic (exact) mass is 360 g/mol. The second kappa shape index (κ2) is 7.86. The van der Waals surface area contributed by atoms with E-state index in [-0.39, 0.29) is 42.7 Å². The van der Waals surface area contributed by atoms with E-state index in [2.05, 4.69) is 5.32 Å². The molecule has 26 heavy (non-hydrogen) atoms. The Morgan fingerprint density at radius 1 is 1.35 bits per heavy atom. The molecule has 0 aromatic heterocycles. The zero-order valence-corrected chi connectivity index (χ0v) is 14.8. The molecule has 2 heterocycles. The van der Waals surface area contributed by atoms with Crippen molar-refractivity contribution < 1.29 is 24.2 Å². The summed E-state index contributed by atoms with van der Waals surface area (Å²) in [4.78, 5) is 37.6. The molecular weight excluding hydrogens is 336 g/mol. The number of para-hydroxylation sites is 1. The highest BCUT2D eigenvalue weighted by atomic mass is 16.5. The van der Waals surface area contributed by atoms with Gasteiger partial charge in [0, 0.05) is 37.7 Å². The molecule has 7 nitrogen and oxygen atoms in total. The van der Waals surface area contributed by atoms with Crippen LogP contribution in [0.3, 0.4) is 0 Å². The summed E-state index contributed by atoms with van der Waals surface area (Å²) in [5.41, 5.74) is 1.91. The van der Waals surface area contributed by atoms with Crippen molar-refractivity contribution >= 4 is 23.5 Å². The van der Waals surface area contributed by atoms with Gasteiger partial charge in [0.15, 0.2) is 0 Å². The minimum atomic E-state index is -0.923. The maximum Gasteiger partial charge on any atom is 0.305 e. The van der Waals surface area contributed by atoms with Crippen LogP contribution in [0.1, 0.15) is 31.2 Å². The number of ether oxygens (including phenoxy) is 1. The zero-order valence-electron chi connectivity index (χ0n) is 14.8. The third-order valence-electron chi connectivity index (χ3n) is 5.26. The van der Waals surface area contributed by atoms with Gasteiger partial charge < -0.3 is 20.1 Å². The Labute approximate surface area is 152 Å². The molecule has 1 aromatic carbocycles. The number of hydrogen-bond acceptors (Lipinski definition) is 4. The Morgan fingerprint density at radius 3 is 2.85 bits per heavy atom. The molecule has 2 amide bonds. The van der Waals surface area contributed by atoms with E-state index in [9.17, 15) is 14.4 Å². The lowest BCUT2D eigenvalue weighted by atomic mass is 9.89. The summed E-state index contributed by atoms with van der Waals surface area (Å²) in [6, 6.07) is 7.33. The van der Waals surface area contributed by atoms with Gasteiger partial charge in [-0.25, -0.2) is 0 Å². The van der Waals surface area contributed by atoms with E-state index in [0.29, 0.717) is 25.8 Å². The average molecular weight is 360 g/mol. The molecule has 3 unspecified atom stereocenters. The van der Waals surface area contributed by atoms with E-state index >= 15 is 0 Å². The van der Waals surface area contributed by atoms with Crippen LogP contribution in [0.4, 0.5) is 5.69 Å². The lowest BCUT2D eigenvalue weighted by molar-refractivity contribution is -0.140. The minimum Gasteiger partial charge on any atom is -0.481 e. The number of aliphatic carboxylic acids is 1. The Kier molecular flexibility index (Phi) is 5.56. The number of amides is 2. The first-order valence-corrected chi connectivity index (χ1v) is 8.90. The molecule has 0 saturated carbocycles. The van der Waals surface area contributed by atoms with E-state index in [1.165, 1.54) is 0 Å². The third-order valence-corrected chi connectivity index (χ3v) is 5.26. The number of nitrogens with zero attached hydrogens (tertiary/aromatic N) is 1. The first-order valence-electron chi connectivity index (χ1n) is 8.90. The fraction of sp³-hybridized carbons (Fsp3) is 0.526. The van der Waals surface area contributed by atoms with Gasteiger partial charge in [0.1, 0.15) is 0 Å². The minimum absolute atomic E-state index is 0.0604. The van der Waals surface area contributed by atoms with Crippen LogP contribution < -0.4 is 5.32 Å². The number of likely N-dealkylation sites (tertiary alicyclic amines) is 1. The summed E-state index contributed by atoms with van der Waals surface area (Å²) in [6.45, 7) is 0.410. The van der Waals surface area contributed by atoms with Gasteiger partial charge in [-0.2, -0.15) is 0 Å². The predicted molar refractivity (Wildman–Crippen MR) is 94.7 cm³/mol. The highest BCUT2D eigenvalue weighted by Gasteiger charge is 2.37. The summed E-state index contributed by atoms with van der Waals surface area (Å²) >= 11 is 0. The predicted octanol–water partition coefficient (Wildman–Crippen LogP) is 1.67. The topological polar surface area (TPSA) is 95.9 Å². The molecule has 0 bridgehead atoms. The molecule has 0 spiro atoms. The number of carboxylic acids is 1. The number of fused-ring (bicyclic) bond motifs is 1. The number of methoxy groups -OCH3 is 1. The van der Waals surface area contributed by atoms with Gasteiger partial charge in [-0.1, -0.05) is 18.2 Å². The molecule has 2 aliphatic heterocycles. The fourth-order valence-electron chi connectivity index (χ4n) is 3.83. The number of anilines is 1. The van der Waals surface area contributed by atoms with E-state index in [4.69, 9.17) is 9.84 Å². The van der Waals surface area contributed by atoms with Crippen LogP contribution in [-0.2, 0) is 25.5 Å². The van der Waals surface area contributed by atoms with E-state index in [1.807, 2.05) is 24.3 Å². The van der Waals surface area contributed by atoms with Gasteiger partial charge in [-0.3, -0.25) is 14.4 Å². The zero-order chi connectivity index (χ0) is 18.7. The van der Waals surface area contributed by atoms with Gasteiger partial charge >= 0.3 is 5.97 Å². The third kappa shape index (κ3) is 4.04. The lowest BCUT2D eigenvalue weighted by Crippen LogP contribution is -2.38. The fourth-order valence-corrected chi connectivity index (χ4v) is 3.83. The largest absolute Gasteiger partial charge is 0.481 e. The van der Waals surface area contributed by atoms with Crippen molar-refractivity contribution in [1.82, 2.24) is 4.90 Å². The number of benzene rings is 1. The number of rotatable bonds is 6. The van der Waals surface area contributed by atoms with Crippen molar-refractivity contribution in [2.45, 2.75) is 44.2 Å². The normalized spacial score (nSPS) is 24.9. The number of hydrogen-bond donors (Lipinski definition) is 2. The van der Waals surface area contributed by atoms with Crippen molar-refractivity contribution in [3.63, 3.8) is 0 Å². The molecule has 3 atom stereocenters. The van der Waals surface area contributed by atoms with Gasteiger partial charge in [0.25, 0.3) is 0 Å². The highest BCUT2D eigenvalue weighted by molar-refractivity contribution is 5.96. The van der Waals surface area contributed by atoms with Crippen LogP contribution in [0, 0.1) is 5.92 Å². The number of nitrogens with one attached hydrogen (secondary N) is 1. The van der Waals surface area contributed by atoms with Gasteiger partial charge in [-0.05, 0) is 30.9 Å². The quantitative estimate of drug-likeness (QED) is 0.804. The van der Waals surface area contributed by atoms with E-state index in [1.54, 1.807) is 12.0 Å². The van der Waals surface area contributed by atoms with Crippen molar-refractivity contribution in [2.24, 2.45) is 5.92 Å². The summed E-state index contributed by atoms with van der Waals surface area (Å²) < 4.78 is 5.30. The first-order chi connectivity index (χ1) is 12.5. The Morgan fingerprint density at radius 2 is 2.12 bits per heavy atom. The maximum absolute atomic E-state index is 12.6. The van der Waals surface area contributed by atoms with Crippen LogP contribution in [-0.4, -0.2) is 53.6 Å². The summed E-state index contributed by atoms with van der Waals surface area (Å²) in [7, 11) is 1.57. The highest BCUT2D eigenvalue weighted by Crippen LogP contribution is 2.29. The second-order valence-electron chi connectivity index (χ2n) is 6.98. The van der Waals surface area contributed by atoms with Crippen LogP contribution >= 0.6 is 0 Å². The Balaban J connectivity index is 1.59. The number of carbonyl (C=O) groups is 3. The average Bonchev–Trinajstić information content (AvgIpc) is 3.02. The summed E-state index contributed by atoms with van der Waals surface area (Å²) in [5.74, 6) is -1.34. The molecule has 0 aliphatic carbocycles. The molecule has 1 fully saturated rings. The molecule has 0 radical (unpaired) electrons. The van der Waals surface area contributed by atoms with Gasteiger partial charge in [0.2, 0.25) is 11.8 Å². The Hall–Kier alpha value is -2.41. The van der Waals surface area contributed by atoms with Crippen LogP contribution in [0.15, 0.2) is 24.3 Å². The summed E-state index contributed by atoms with van der Waals surface area (Å²) in [5, 5.41) is 12.0. The van der Waals surface area contributed by atoms with Crippen molar-refractivity contribution in [2.75, 3.05) is 19.0 Å². The van der Waals surface area contributed by atoms with E-state index in [0.717, 1.165) is 11.3 Å². The molecule has 140 valence electrons. The molecular formula is C19H24N2O5. The number of carboxylic acid groups (broad SMARTS) is 1. The molecule has 1 aromatic rings. The second-order valence-corrected chi connectivity index (χ2v) is 6.98. The number of carbonyl (C=O) groups excluding carboxylic acids is 2. The van der Waals surface area contributed by atoms with Gasteiger partial charge in [-0.15, -0.1) is 0 Å². The molecule has 2 aliphatic rings. The Bertz CT molecular complexity index is 705. The van der Waals surface area contributed by atoms with Crippen molar-refractivity contribution in [1.29, 1.82) is 0 Å².